The summed E-state index contributed by atoms with van der Waals surface area (Å²) in [5.41, 5.74) is 3.38. The molecule has 12 heteroatoms. The number of methoxy groups -OCH3 is 1. The minimum absolute atomic E-state index is 0.0491. The predicted octanol–water partition coefficient (Wildman–Crippen LogP) is 6.08. The highest BCUT2D eigenvalue weighted by atomic mass is 19.1. The smallest absolute Gasteiger partial charge is 0.407 e. The number of rotatable bonds is 11. The number of nitrogens with one attached hydrogen (secondary N) is 2. The van der Waals surface area contributed by atoms with Crippen LogP contribution >= 0.6 is 0 Å². The van der Waals surface area contributed by atoms with Crippen molar-refractivity contribution >= 4 is 34.1 Å². The second kappa shape index (κ2) is 14.9. The van der Waals surface area contributed by atoms with Gasteiger partial charge >= 0.3 is 11.8 Å². The fourth-order valence-corrected chi connectivity index (χ4v) is 6.82. The molecule has 6 rings (SSSR count). The number of nitrogens with zero attached hydrogens (tertiary/aromatic N) is 4. The first kappa shape index (κ1) is 34.9. The number of carbonyl (C=O) groups is 2. The molecule has 11 nitrogen and oxygen atoms in total. The van der Waals surface area contributed by atoms with Gasteiger partial charge in [0.15, 0.2) is 0 Å². The minimum atomic E-state index is -0.704. The van der Waals surface area contributed by atoms with Crippen LogP contribution in [0.25, 0.3) is 27.8 Å². The van der Waals surface area contributed by atoms with Gasteiger partial charge in [0.25, 0.3) is 0 Å². The zero-order chi connectivity index (χ0) is 35.4. The van der Waals surface area contributed by atoms with Crippen molar-refractivity contribution in [2.75, 3.05) is 26.8 Å². The van der Waals surface area contributed by atoms with E-state index in [1.807, 2.05) is 35.2 Å². The Morgan fingerprint density at radius 2 is 1.86 bits per heavy atom. The molecule has 1 fully saturated rings. The van der Waals surface area contributed by atoms with Gasteiger partial charge in [0, 0.05) is 51.7 Å². The lowest BCUT2D eigenvalue weighted by atomic mass is 9.95. The molecule has 1 aliphatic rings. The number of amides is 2. The van der Waals surface area contributed by atoms with Gasteiger partial charge in [-0.2, -0.15) is 0 Å². The number of benzene rings is 3. The van der Waals surface area contributed by atoms with Gasteiger partial charge in [-0.3, -0.25) is 9.36 Å². The summed E-state index contributed by atoms with van der Waals surface area (Å²) in [5, 5.41) is 2.94. The van der Waals surface area contributed by atoms with Crippen LogP contribution in [0.4, 0.5) is 9.18 Å². The van der Waals surface area contributed by atoms with Gasteiger partial charge in [0.2, 0.25) is 5.91 Å². The SMILES string of the molecule is COCCCn1c([C@@H]2CCCN(C(=O)C[C@@H](Cc3ccc(-n4c(=O)[nH]c5cc(F)ccc54)cc3)NC(=O)OC(C)(C)C)C2)nc2ccccc21. The number of aromatic nitrogens is 4. The number of carbonyl (C=O) groups excluding carboxylic acids is 2. The highest BCUT2D eigenvalue weighted by Crippen LogP contribution is 2.30. The second-order valence-corrected chi connectivity index (χ2v) is 14.0. The molecule has 0 saturated carbocycles. The molecule has 50 heavy (non-hydrogen) atoms. The fourth-order valence-electron chi connectivity index (χ4n) is 6.82. The Morgan fingerprint density at radius 1 is 1.08 bits per heavy atom. The topological polar surface area (TPSA) is 123 Å². The van der Waals surface area contributed by atoms with Crippen LogP contribution in [0, 0.1) is 5.82 Å². The van der Waals surface area contributed by atoms with Crippen molar-refractivity contribution in [1.82, 2.24) is 29.3 Å². The van der Waals surface area contributed by atoms with E-state index >= 15 is 0 Å². The number of imidazole rings is 2. The first-order chi connectivity index (χ1) is 24.0. The molecule has 2 N–H and O–H groups in total. The maximum Gasteiger partial charge on any atom is 0.407 e. The zero-order valence-corrected chi connectivity index (χ0v) is 29.1. The van der Waals surface area contributed by atoms with Crippen molar-refractivity contribution in [2.24, 2.45) is 0 Å². The third-order valence-electron chi connectivity index (χ3n) is 9.02. The molecule has 0 radical (unpaired) electrons. The van der Waals surface area contributed by atoms with Crippen LogP contribution in [0.2, 0.25) is 0 Å². The summed E-state index contributed by atoms with van der Waals surface area (Å²) in [6.07, 6.45) is 2.50. The van der Waals surface area contributed by atoms with Gasteiger partial charge < -0.3 is 29.2 Å². The van der Waals surface area contributed by atoms with E-state index in [1.165, 1.54) is 16.7 Å². The Morgan fingerprint density at radius 3 is 2.62 bits per heavy atom. The second-order valence-electron chi connectivity index (χ2n) is 14.0. The quantitative estimate of drug-likeness (QED) is 0.163. The molecule has 2 aromatic heterocycles. The zero-order valence-electron chi connectivity index (χ0n) is 29.1. The van der Waals surface area contributed by atoms with Crippen LogP contribution in [0.5, 0.6) is 0 Å². The first-order valence-corrected chi connectivity index (χ1v) is 17.2. The van der Waals surface area contributed by atoms with E-state index < -0.39 is 23.6 Å². The number of likely N-dealkylation sites (tertiary alicyclic amines) is 1. The van der Waals surface area contributed by atoms with E-state index in [0.717, 1.165) is 48.2 Å². The molecule has 3 heterocycles. The first-order valence-electron chi connectivity index (χ1n) is 17.2. The molecule has 2 amide bonds. The standard InChI is InChI=1S/C38H45FN6O5/c1-38(2,3)50-37(48)40-28(21-25-12-15-29(16-13-25)45-33-17-14-27(39)22-31(33)42-36(45)47)23-34(46)43-18-7-9-26(24-43)35-41-30-10-5-6-11-32(30)44(35)19-8-20-49-4/h5-6,10-17,22,26,28H,7-9,18-21,23-24H2,1-4H3,(H,40,48)(H,42,47)/t26-,28-/m1/s1. The van der Waals surface area contributed by atoms with Crippen LogP contribution in [-0.2, 0) is 27.2 Å². The number of hydrogen-bond donors (Lipinski definition) is 2. The summed E-state index contributed by atoms with van der Waals surface area (Å²) in [6.45, 7) is 8.00. The number of piperidine rings is 1. The summed E-state index contributed by atoms with van der Waals surface area (Å²) in [7, 11) is 1.70. The number of alkyl carbamates (subject to hydrolysis) is 1. The summed E-state index contributed by atoms with van der Waals surface area (Å²) in [4.78, 5) is 49.2. The molecule has 0 spiro atoms. The number of ether oxygens (including phenoxy) is 2. The monoisotopic (exact) mass is 684 g/mol. The molecule has 5 aromatic rings. The number of fused-ring (bicyclic) bond motifs is 2. The Balaban J connectivity index is 1.19. The largest absolute Gasteiger partial charge is 0.444 e. The van der Waals surface area contributed by atoms with Gasteiger partial charge in [-0.25, -0.2) is 19.0 Å². The molecular weight excluding hydrogens is 639 g/mol. The lowest BCUT2D eigenvalue weighted by Gasteiger charge is -2.34. The van der Waals surface area contributed by atoms with E-state index in [9.17, 15) is 18.8 Å². The summed E-state index contributed by atoms with van der Waals surface area (Å²) >= 11 is 0. The maximum absolute atomic E-state index is 13.9. The lowest BCUT2D eigenvalue weighted by Crippen LogP contribution is -2.46. The Hall–Kier alpha value is -4.97. The third-order valence-corrected chi connectivity index (χ3v) is 9.02. The van der Waals surface area contributed by atoms with Crippen LogP contribution in [-0.4, -0.2) is 74.5 Å². The normalized spacial score (nSPS) is 15.8. The maximum atomic E-state index is 13.9. The van der Waals surface area contributed by atoms with Crippen molar-refractivity contribution in [1.29, 1.82) is 0 Å². The van der Waals surface area contributed by atoms with Crippen LogP contribution in [0.1, 0.15) is 63.8 Å². The van der Waals surface area contributed by atoms with Gasteiger partial charge in [0.1, 0.15) is 17.2 Å². The molecular formula is C38H45FN6O5. The number of para-hydroxylation sites is 2. The predicted molar refractivity (Wildman–Crippen MR) is 190 cm³/mol. The van der Waals surface area contributed by atoms with Gasteiger partial charge in [0.05, 0.1) is 27.8 Å². The lowest BCUT2D eigenvalue weighted by molar-refractivity contribution is -0.133. The number of halogens is 1. The summed E-state index contributed by atoms with van der Waals surface area (Å²) in [5.74, 6) is 0.587. The summed E-state index contributed by atoms with van der Waals surface area (Å²) in [6, 6.07) is 19.1. The van der Waals surface area contributed by atoms with Crippen molar-refractivity contribution in [3.05, 3.63) is 94.4 Å². The Labute approximate surface area is 290 Å². The van der Waals surface area contributed by atoms with E-state index in [0.29, 0.717) is 42.8 Å². The van der Waals surface area contributed by atoms with Gasteiger partial charge in [-0.1, -0.05) is 24.3 Å². The third kappa shape index (κ3) is 8.07. The summed E-state index contributed by atoms with van der Waals surface area (Å²) < 4.78 is 28.4. The molecule has 0 aliphatic carbocycles. The Bertz CT molecular complexity index is 2030. The van der Waals surface area contributed by atoms with Crippen molar-refractivity contribution < 1.29 is 23.5 Å². The van der Waals surface area contributed by atoms with E-state index in [-0.39, 0.29) is 23.9 Å². The van der Waals surface area contributed by atoms with Gasteiger partial charge in [-0.15, -0.1) is 0 Å². The molecule has 264 valence electrons. The number of aryl methyl sites for hydroxylation is 1. The highest BCUT2D eigenvalue weighted by molar-refractivity contribution is 5.79. The number of hydrogen-bond acceptors (Lipinski definition) is 6. The molecule has 1 aliphatic heterocycles. The molecule has 1 saturated heterocycles. The van der Waals surface area contributed by atoms with Crippen LogP contribution in [0.3, 0.4) is 0 Å². The average Bonchev–Trinajstić information content (AvgIpc) is 3.60. The Kier molecular flexibility index (Phi) is 10.4. The minimum Gasteiger partial charge on any atom is -0.444 e. The van der Waals surface area contributed by atoms with E-state index in [4.69, 9.17) is 14.5 Å². The van der Waals surface area contributed by atoms with Gasteiger partial charge in [-0.05, 0) is 94.5 Å². The fraction of sp³-hybridized carbons (Fsp3) is 0.421. The molecule has 3 aromatic carbocycles. The number of H-pyrrole nitrogens is 1. The van der Waals surface area contributed by atoms with E-state index in [2.05, 4.69) is 20.9 Å². The molecule has 0 bridgehead atoms. The van der Waals surface area contributed by atoms with Crippen molar-refractivity contribution in [2.45, 2.75) is 77.0 Å². The average molecular weight is 685 g/mol. The van der Waals surface area contributed by atoms with Crippen LogP contribution < -0.4 is 11.0 Å². The van der Waals surface area contributed by atoms with Crippen LogP contribution in [0.15, 0.2) is 71.5 Å². The highest BCUT2D eigenvalue weighted by Gasteiger charge is 2.30. The number of aromatic amines is 1. The molecule has 0 unspecified atom stereocenters. The van der Waals surface area contributed by atoms with E-state index in [1.54, 1.807) is 46.1 Å². The molecule has 2 atom stereocenters. The van der Waals surface area contributed by atoms with Crippen molar-refractivity contribution in [3.63, 3.8) is 0 Å². The van der Waals surface area contributed by atoms with Crippen molar-refractivity contribution in [3.8, 4) is 5.69 Å².